The maximum absolute atomic E-state index is 5.91. The Morgan fingerprint density at radius 3 is 2.79 bits per heavy atom. The second-order valence-electron chi connectivity index (χ2n) is 4.19. The summed E-state index contributed by atoms with van der Waals surface area (Å²) in [4.78, 5) is 0. The monoisotopic (exact) mass is 235 g/mol. The first kappa shape index (κ1) is 12.4. The molecule has 0 aromatic carbocycles. The highest BCUT2D eigenvalue weighted by atomic mass is 35.5. The smallest absolute Gasteiger partial charge is 0.0254 e. The molecule has 0 bridgehead atoms. The van der Waals surface area contributed by atoms with Gasteiger partial charge in [-0.15, -0.1) is 11.6 Å². The SMILES string of the molecule is CC(=CCl)CNCC1CCCC1CCl. The lowest BCUT2D eigenvalue weighted by atomic mass is 9.98. The van der Waals surface area contributed by atoms with E-state index in [9.17, 15) is 0 Å². The summed E-state index contributed by atoms with van der Waals surface area (Å²) in [5, 5.41) is 3.43. The first-order chi connectivity index (χ1) is 6.77. The third-order valence-corrected chi connectivity index (χ3v) is 3.78. The lowest BCUT2D eigenvalue weighted by Gasteiger charge is -2.17. The zero-order valence-corrected chi connectivity index (χ0v) is 10.2. The highest BCUT2D eigenvalue weighted by molar-refractivity contribution is 6.25. The fourth-order valence-corrected chi connectivity index (χ4v) is 2.56. The van der Waals surface area contributed by atoms with E-state index in [0.717, 1.165) is 30.8 Å². The topological polar surface area (TPSA) is 12.0 Å². The summed E-state index contributed by atoms with van der Waals surface area (Å²) in [5.41, 5.74) is 2.83. The molecule has 1 aliphatic carbocycles. The second kappa shape index (κ2) is 6.71. The normalized spacial score (nSPS) is 28.4. The molecule has 0 saturated heterocycles. The van der Waals surface area contributed by atoms with E-state index >= 15 is 0 Å². The Bertz CT molecular complexity index is 192. The van der Waals surface area contributed by atoms with Crippen molar-refractivity contribution in [2.75, 3.05) is 19.0 Å². The fourth-order valence-electron chi connectivity index (χ4n) is 2.08. The summed E-state index contributed by atoms with van der Waals surface area (Å²) in [7, 11) is 0. The van der Waals surface area contributed by atoms with Crippen LogP contribution in [-0.2, 0) is 0 Å². The van der Waals surface area contributed by atoms with Gasteiger partial charge in [-0.3, -0.25) is 0 Å². The van der Waals surface area contributed by atoms with E-state index < -0.39 is 0 Å². The van der Waals surface area contributed by atoms with Gasteiger partial charge in [-0.05, 0) is 43.7 Å². The van der Waals surface area contributed by atoms with Crippen LogP contribution >= 0.6 is 23.2 Å². The Morgan fingerprint density at radius 2 is 2.14 bits per heavy atom. The molecule has 2 atom stereocenters. The first-order valence-electron chi connectivity index (χ1n) is 5.30. The van der Waals surface area contributed by atoms with Crippen molar-refractivity contribution < 1.29 is 0 Å². The van der Waals surface area contributed by atoms with Crippen molar-refractivity contribution in [1.82, 2.24) is 5.32 Å². The van der Waals surface area contributed by atoms with Gasteiger partial charge < -0.3 is 5.32 Å². The van der Waals surface area contributed by atoms with E-state index in [1.54, 1.807) is 5.54 Å². The van der Waals surface area contributed by atoms with Crippen LogP contribution in [0.15, 0.2) is 11.1 Å². The molecule has 14 heavy (non-hydrogen) atoms. The molecule has 0 aromatic rings. The van der Waals surface area contributed by atoms with Crippen LogP contribution in [0.5, 0.6) is 0 Å². The molecule has 0 aliphatic heterocycles. The van der Waals surface area contributed by atoms with Crippen LogP contribution < -0.4 is 5.32 Å². The molecule has 82 valence electrons. The molecule has 1 aliphatic rings. The average molecular weight is 236 g/mol. The van der Waals surface area contributed by atoms with Crippen LogP contribution in [0, 0.1) is 11.8 Å². The zero-order chi connectivity index (χ0) is 10.4. The number of rotatable bonds is 5. The maximum atomic E-state index is 5.91. The van der Waals surface area contributed by atoms with Crippen LogP contribution in [-0.4, -0.2) is 19.0 Å². The van der Waals surface area contributed by atoms with Crippen molar-refractivity contribution in [3.63, 3.8) is 0 Å². The van der Waals surface area contributed by atoms with Crippen LogP contribution in [0.2, 0.25) is 0 Å². The number of hydrogen-bond donors (Lipinski definition) is 1. The van der Waals surface area contributed by atoms with E-state index in [1.807, 2.05) is 6.92 Å². The second-order valence-corrected chi connectivity index (χ2v) is 4.72. The van der Waals surface area contributed by atoms with Crippen LogP contribution in [0.25, 0.3) is 0 Å². The van der Waals surface area contributed by atoms with Gasteiger partial charge in [0.15, 0.2) is 0 Å². The van der Waals surface area contributed by atoms with Gasteiger partial charge in [0.2, 0.25) is 0 Å². The van der Waals surface area contributed by atoms with Crippen molar-refractivity contribution in [2.45, 2.75) is 26.2 Å². The Morgan fingerprint density at radius 1 is 1.43 bits per heavy atom. The number of hydrogen-bond acceptors (Lipinski definition) is 1. The minimum absolute atomic E-state index is 0.726. The van der Waals surface area contributed by atoms with E-state index in [-0.39, 0.29) is 0 Å². The molecule has 1 saturated carbocycles. The number of alkyl halides is 1. The van der Waals surface area contributed by atoms with Gasteiger partial charge in [0.25, 0.3) is 0 Å². The molecule has 0 amide bonds. The van der Waals surface area contributed by atoms with Crippen LogP contribution in [0.1, 0.15) is 26.2 Å². The predicted molar refractivity (Wildman–Crippen MR) is 64.0 cm³/mol. The maximum Gasteiger partial charge on any atom is 0.0254 e. The minimum atomic E-state index is 0.726. The first-order valence-corrected chi connectivity index (χ1v) is 6.27. The lowest BCUT2D eigenvalue weighted by molar-refractivity contribution is 0.402. The van der Waals surface area contributed by atoms with Crippen molar-refractivity contribution in [3.8, 4) is 0 Å². The van der Waals surface area contributed by atoms with Gasteiger partial charge >= 0.3 is 0 Å². The van der Waals surface area contributed by atoms with Crippen molar-refractivity contribution in [1.29, 1.82) is 0 Å². The summed E-state index contributed by atoms with van der Waals surface area (Å²) in [6.07, 6.45) is 3.97. The average Bonchev–Trinajstić information content (AvgIpc) is 2.65. The number of nitrogens with one attached hydrogen (secondary N) is 1. The van der Waals surface area contributed by atoms with Crippen LogP contribution in [0.4, 0.5) is 0 Å². The zero-order valence-electron chi connectivity index (χ0n) is 8.73. The quantitative estimate of drug-likeness (QED) is 0.721. The summed E-state index contributed by atoms with van der Waals surface area (Å²) < 4.78 is 0. The highest BCUT2D eigenvalue weighted by Gasteiger charge is 2.25. The Balaban J connectivity index is 2.17. The molecular weight excluding hydrogens is 217 g/mol. The van der Waals surface area contributed by atoms with Crippen molar-refractivity contribution >= 4 is 23.2 Å². The van der Waals surface area contributed by atoms with Crippen LogP contribution in [0.3, 0.4) is 0 Å². The largest absolute Gasteiger partial charge is 0.313 e. The Hall–Kier alpha value is 0.280. The highest BCUT2D eigenvalue weighted by Crippen LogP contribution is 2.31. The third kappa shape index (κ3) is 3.80. The van der Waals surface area contributed by atoms with Gasteiger partial charge in [-0.25, -0.2) is 0 Å². The molecule has 0 spiro atoms. The summed E-state index contributed by atoms with van der Waals surface area (Å²) >= 11 is 11.5. The molecule has 0 radical (unpaired) electrons. The summed E-state index contributed by atoms with van der Waals surface area (Å²) in [6.45, 7) is 4.02. The van der Waals surface area contributed by atoms with E-state index in [2.05, 4.69) is 5.32 Å². The molecular formula is C11H19Cl2N. The fraction of sp³-hybridized carbons (Fsp3) is 0.818. The lowest BCUT2D eigenvalue weighted by Crippen LogP contribution is -2.27. The Labute approximate surface area is 96.8 Å². The number of halogens is 2. The van der Waals surface area contributed by atoms with Gasteiger partial charge in [-0.2, -0.15) is 0 Å². The molecule has 1 N–H and O–H groups in total. The van der Waals surface area contributed by atoms with Gasteiger partial charge in [0, 0.05) is 18.0 Å². The van der Waals surface area contributed by atoms with Crippen molar-refractivity contribution in [2.24, 2.45) is 11.8 Å². The minimum Gasteiger partial charge on any atom is -0.313 e. The summed E-state index contributed by atoms with van der Waals surface area (Å²) in [6, 6.07) is 0. The van der Waals surface area contributed by atoms with Gasteiger partial charge in [-0.1, -0.05) is 18.0 Å². The Kier molecular flexibility index (Phi) is 5.92. The standard InChI is InChI=1S/C11H19Cl2N/c1-9(5-12)7-14-8-11-4-2-3-10(11)6-13/h5,10-11,14H,2-4,6-8H2,1H3. The predicted octanol–water partition coefficient (Wildman–Crippen LogP) is 3.37. The van der Waals surface area contributed by atoms with E-state index in [4.69, 9.17) is 23.2 Å². The van der Waals surface area contributed by atoms with Crippen molar-refractivity contribution in [3.05, 3.63) is 11.1 Å². The summed E-state index contributed by atoms with van der Waals surface area (Å²) in [5.74, 6) is 2.32. The molecule has 2 unspecified atom stereocenters. The van der Waals surface area contributed by atoms with Gasteiger partial charge in [0.1, 0.15) is 0 Å². The molecule has 1 rings (SSSR count). The molecule has 1 fully saturated rings. The molecule has 1 nitrogen and oxygen atoms in total. The molecule has 3 heteroatoms. The molecule has 0 aromatic heterocycles. The van der Waals surface area contributed by atoms with E-state index in [0.29, 0.717) is 0 Å². The van der Waals surface area contributed by atoms with E-state index in [1.165, 1.54) is 24.8 Å². The molecule has 0 heterocycles. The van der Waals surface area contributed by atoms with Gasteiger partial charge in [0.05, 0.1) is 0 Å². The third-order valence-electron chi connectivity index (χ3n) is 3.01.